The average molecular weight is 385 g/mol. The minimum absolute atomic E-state index is 0.108. The van der Waals surface area contributed by atoms with Crippen LogP contribution in [-0.2, 0) is 0 Å². The van der Waals surface area contributed by atoms with Gasteiger partial charge >= 0.3 is 0 Å². The van der Waals surface area contributed by atoms with Gasteiger partial charge in [0.15, 0.2) is 16.8 Å². The smallest absolute Gasteiger partial charge is 0.202 e. The number of anilines is 1. The van der Waals surface area contributed by atoms with E-state index >= 15 is 0 Å². The van der Waals surface area contributed by atoms with Crippen LogP contribution in [0.3, 0.4) is 0 Å². The molecule has 0 aliphatic heterocycles. The summed E-state index contributed by atoms with van der Waals surface area (Å²) in [6.45, 7) is 0. The molecule has 1 saturated carbocycles. The van der Waals surface area contributed by atoms with Crippen LogP contribution in [0.2, 0.25) is 5.15 Å². The molecule has 1 N–H and O–H groups in total. The van der Waals surface area contributed by atoms with E-state index in [1.807, 2.05) is 24.4 Å². The van der Waals surface area contributed by atoms with Gasteiger partial charge in [0.1, 0.15) is 0 Å². The van der Waals surface area contributed by atoms with Crippen LogP contribution in [0.1, 0.15) is 32.1 Å². The Balaban J connectivity index is 1.60. The Labute approximate surface area is 161 Å². The van der Waals surface area contributed by atoms with Gasteiger partial charge in [-0.1, -0.05) is 17.7 Å². The highest BCUT2D eigenvalue weighted by Crippen LogP contribution is 2.31. The number of aromatic nitrogens is 4. The summed E-state index contributed by atoms with van der Waals surface area (Å²) in [7, 11) is 0. The first-order valence-corrected chi connectivity index (χ1v) is 9.32. The normalized spacial score (nSPS) is 19.7. The third kappa shape index (κ3) is 3.58. The SMILES string of the molecule is N#CCC1CCC(Nc2nc(-c3cnn4ccccc34)nc(Cl)c2F)CC1. The molecule has 0 unspecified atom stereocenters. The Bertz CT molecular complexity index is 1000. The molecule has 0 radical (unpaired) electrons. The fourth-order valence-electron chi connectivity index (χ4n) is 3.58. The third-order valence-electron chi connectivity index (χ3n) is 5.05. The summed E-state index contributed by atoms with van der Waals surface area (Å²) in [5, 5.41) is 16.1. The van der Waals surface area contributed by atoms with E-state index in [1.54, 1.807) is 10.7 Å². The highest BCUT2D eigenvalue weighted by molar-refractivity contribution is 6.29. The van der Waals surface area contributed by atoms with Gasteiger partial charge < -0.3 is 5.32 Å². The van der Waals surface area contributed by atoms with Gasteiger partial charge in [0, 0.05) is 18.7 Å². The van der Waals surface area contributed by atoms with Crippen molar-refractivity contribution in [3.05, 3.63) is 41.6 Å². The standard InChI is InChI=1S/C19H18ClFN6/c20-17-16(21)19(24-13-6-4-12(5-7-13)8-9-22)26-18(25-17)14-11-23-27-10-2-1-3-15(14)27/h1-3,10-13H,4-8H2,(H,24,25,26). The van der Waals surface area contributed by atoms with Gasteiger partial charge in [0.05, 0.1) is 23.3 Å². The molecule has 138 valence electrons. The van der Waals surface area contributed by atoms with E-state index in [9.17, 15) is 4.39 Å². The number of nitrogens with zero attached hydrogens (tertiary/aromatic N) is 5. The van der Waals surface area contributed by atoms with E-state index < -0.39 is 5.82 Å². The van der Waals surface area contributed by atoms with Gasteiger partial charge in [-0.3, -0.25) is 0 Å². The topological polar surface area (TPSA) is 78.9 Å². The maximum Gasteiger partial charge on any atom is 0.202 e. The number of hydrogen-bond acceptors (Lipinski definition) is 5. The quantitative estimate of drug-likeness (QED) is 0.671. The molecule has 3 heterocycles. The van der Waals surface area contributed by atoms with Crippen molar-refractivity contribution in [1.82, 2.24) is 19.6 Å². The Morgan fingerprint density at radius 1 is 1.26 bits per heavy atom. The van der Waals surface area contributed by atoms with Crippen molar-refractivity contribution >= 4 is 22.9 Å². The van der Waals surface area contributed by atoms with E-state index in [0.717, 1.165) is 31.2 Å². The van der Waals surface area contributed by atoms with E-state index in [1.165, 1.54) is 0 Å². The minimum atomic E-state index is -0.643. The molecular weight excluding hydrogens is 367 g/mol. The lowest BCUT2D eigenvalue weighted by atomic mass is 9.84. The van der Waals surface area contributed by atoms with Crippen LogP contribution in [0.15, 0.2) is 30.6 Å². The lowest BCUT2D eigenvalue weighted by Crippen LogP contribution is -2.27. The van der Waals surface area contributed by atoms with E-state index in [4.69, 9.17) is 16.9 Å². The molecule has 27 heavy (non-hydrogen) atoms. The zero-order valence-corrected chi connectivity index (χ0v) is 15.3. The summed E-state index contributed by atoms with van der Waals surface area (Å²) in [4.78, 5) is 8.49. The number of fused-ring (bicyclic) bond motifs is 1. The van der Waals surface area contributed by atoms with Crippen LogP contribution >= 0.6 is 11.6 Å². The summed E-state index contributed by atoms with van der Waals surface area (Å²) >= 11 is 6.04. The largest absolute Gasteiger partial charge is 0.365 e. The fraction of sp³-hybridized carbons (Fsp3) is 0.368. The van der Waals surface area contributed by atoms with Gasteiger partial charge in [0.2, 0.25) is 5.82 Å². The molecule has 3 aromatic rings. The van der Waals surface area contributed by atoms with Crippen LogP contribution in [0.4, 0.5) is 10.2 Å². The van der Waals surface area contributed by atoms with Crippen LogP contribution < -0.4 is 5.32 Å². The first kappa shape index (κ1) is 17.7. The zero-order valence-electron chi connectivity index (χ0n) is 14.6. The number of pyridine rings is 1. The molecule has 3 aromatic heterocycles. The molecule has 0 amide bonds. The average Bonchev–Trinajstić information content (AvgIpc) is 3.11. The molecule has 6 nitrogen and oxygen atoms in total. The van der Waals surface area contributed by atoms with Gasteiger partial charge in [-0.2, -0.15) is 14.8 Å². The van der Waals surface area contributed by atoms with Crippen molar-refractivity contribution in [2.75, 3.05) is 5.32 Å². The van der Waals surface area contributed by atoms with Gasteiger partial charge in [-0.15, -0.1) is 0 Å². The predicted octanol–water partition coefficient (Wildman–Crippen LogP) is 4.47. The molecule has 4 rings (SSSR count). The van der Waals surface area contributed by atoms with Crippen LogP contribution in [0.25, 0.3) is 16.9 Å². The molecule has 0 spiro atoms. The Hall–Kier alpha value is -2.72. The maximum absolute atomic E-state index is 14.5. The summed E-state index contributed by atoms with van der Waals surface area (Å²) in [6.07, 6.45) is 7.70. The van der Waals surface area contributed by atoms with Crippen molar-refractivity contribution in [3.8, 4) is 17.5 Å². The molecule has 1 aliphatic carbocycles. The van der Waals surface area contributed by atoms with Crippen molar-refractivity contribution in [3.63, 3.8) is 0 Å². The number of nitriles is 1. The Morgan fingerprint density at radius 2 is 2.07 bits per heavy atom. The molecular formula is C19H18ClFN6. The van der Waals surface area contributed by atoms with Crippen molar-refractivity contribution in [2.24, 2.45) is 5.92 Å². The second kappa shape index (κ2) is 7.49. The van der Waals surface area contributed by atoms with E-state index in [0.29, 0.717) is 23.7 Å². The molecule has 8 heteroatoms. The zero-order chi connectivity index (χ0) is 18.8. The number of nitrogens with one attached hydrogen (secondary N) is 1. The first-order valence-electron chi connectivity index (χ1n) is 8.95. The Kier molecular flexibility index (Phi) is 4.90. The minimum Gasteiger partial charge on any atom is -0.365 e. The summed E-state index contributed by atoms with van der Waals surface area (Å²) in [6, 6.07) is 8.00. The molecule has 1 fully saturated rings. The van der Waals surface area contributed by atoms with E-state index in [-0.39, 0.29) is 17.0 Å². The van der Waals surface area contributed by atoms with Gasteiger partial charge in [-0.25, -0.2) is 14.5 Å². The predicted molar refractivity (Wildman–Crippen MR) is 101 cm³/mol. The van der Waals surface area contributed by atoms with Crippen molar-refractivity contribution in [1.29, 1.82) is 5.26 Å². The van der Waals surface area contributed by atoms with Crippen LogP contribution in [0.5, 0.6) is 0 Å². The van der Waals surface area contributed by atoms with Crippen molar-refractivity contribution < 1.29 is 4.39 Å². The number of halogens is 2. The third-order valence-corrected chi connectivity index (χ3v) is 5.30. The molecule has 1 aliphatic rings. The molecule has 0 atom stereocenters. The van der Waals surface area contributed by atoms with Crippen LogP contribution in [0, 0.1) is 23.1 Å². The van der Waals surface area contributed by atoms with Gasteiger partial charge in [-0.05, 0) is 43.7 Å². The highest BCUT2D eigenvalue weighted by Gasteiger charge is 2.24. The monoisotopic (exact) mass is 384 g/mol. The second-order valence-electron chi connectivity index (χ2n) is 6.81. The molecule has 0 bridgehead atoms. The maximum atomic E-state index is 14.5. The summed E-state index contributed by atoms with van der Waals surface area (Å²) in [5.74, 6) is 0.240. The lowest BCUT2D eigenvalue weighted by molar-refractivity contribution is 0.341. The summed E-state index contributed by atoms with van der Waals surface area (Å²) in [5.41, 5.74) is 1.52. The Morgan fingerprint density at radius 3 is 2.85 bits per heavy atom. The van der Waals surface area contributed by atoms with Gasteiger partial charge in [0.25, 0.3) is 0 Å². The highest BCUT2D eigenvalue weighted by atomic mass is 35.5. The second-order valence-corrected chi connectivity index (χ2v) is 7.17. The fourth-order valence-corrected chi connectivity index (χ4v) is 3.75. The molecule has 0 aromatic carbocycles. The summed E-state index contributed by atoms with van der Waals surface area (Å²) < 4.78 is 16.2. The van der Waals surface area contributed by atoms with Crippen LogP contribution in [-0.4, -0.2) is 25.6 Å². The van der Waals surface area contributed by atoms with Crippen molar-refractivity contribution in [2.45, 2.75) is 38.1 Å². The lowest BCUT2D eigenvalue weighted by Gasteiger charge is -2.28. The first-order chi connectivity index (χ1) is 13.2. The van der Waals surface area contributed by atoms with E-state index in [2.05, 4.69) is 26.5 Å². The number of hydrogen-bond donors (Lipinski definition) is 1. The molecule has 0 saturated heterocycles. The number of rotatable bonds is 4.